The van der Waals surface area contributed by atoms with Crippen molar-refractivity contribution in [3.05, 3.63) is 100 Å². The van der Waals surface area contributed by atoms with E-state index in [4.69, 9.17) is 0 Å². The van der Waals surface area contributed by atoms with Gasteiger partial charge in [0, 0.05) is 18.8 Å². The van der Waals surface area contributed by atoms with Gasteiger partial charge >= 0.3 is 0 Å². The van der Waals surface area contributed by atoms with Crippen molar-refractivity contribution in [2.24, 2.45) is 0 Å². The first kappa shape index (κ1) is 24.3. The van der Waals surface area contributed by atoms with E-state index in [-0.39, 0.29) is 19.5 Å². The lowest BCUT2D eigenvalue weighted by Gasteiger charge is -2.27. The average Bonchev–Trinajstić information content (AvgIpc) is 3.26. The van der Waals surface area contributed by atoms with Gasteiger partial charge in [-0.15, -0.1) is 0 Å². The summed E-state index contributed by atoms with van der Waals surface area (Å²) in [6.45, 7) is 3.77. The minimum absolute atomic E-state index is 0.0867. The molecule has 1 aromatic heterocycles. The molecule has 35 heavy (non-hydrogen) atoms. The van der Waals surface area contributed by atoms with Crippen LogP contribution in [-0.4, -0.2) is 45.0 Å². The van der Waals surface area contributed by atoms with Crippen molar-refractivity contribution >= 4 is 11.8 Å². The second kappa shape index (κ2) is 10.6. The number of alkyl halides is 1. The molecule has 0 aliphatic carbocycles. The number of amides is 2. The normalized spacial score (nSPS) is 18.5. The molecule has 7 nitrogen and oxygen atoms in total. The number of halogens is 1. The lowest BCUT2D eigenvalue weighted by molar-refractivity contribution is -0.139. The zero-order valence-electron chi connectivity index (χ0n) is 19.8. The topological polar surface area (TPSA) is 84.3 Å². The standard InChI is InChI=1S/C27H29FN4O3/c1-18(2)19-8-10-21(11-9-19)26(20-6-4-3-5-7-20)30-27(35)23-14-22(28)16-32(23)25(34)17-31-13-12-29-15-24(31)33/h3-13,15,18,22-23,26H,14,16-17H2,1-2H3,(H,30,35)/t22-,23+,26+/m1/s1. The highest BCUT2D eigenvalue weighted by Crippen LogP contribution is 2.27. The van der Waals surface area contributed by atoms with Crippen LogP contribution in [0.4, 0.5) is 4.39 Å². The molecule has 182 valence electrons. The fourth-order valence-corrected chi connectivity index (χ4v) is 4.37. The van der Waals surface area contributed by atoms with E-state index in [0.717, 1.165) is 17.3 Å². The van der Waals surface area contributed by atoms with Gasteiger partial charge in [-0.05, 0) is 22.6 Å². The summed E-state index contributed by atoms with van der Waals surface area (Å²) >= 11 is 0. The summed E-state index contributed by atoms with van der Waals surface area (Å²) in [5.74, 6) is -0.542. The number of benzene rings is 2. The highest BCUT2D eigenvalue weighted by atomic mass is 19.1. The Morgan fingerprint density at radius 3 is 2.37 bits per heavy atom. The Kier molecular flexibility index (Phi) is 7.39. The number of carbonyl (C=O) groups is 2. The lowest BCUT2D eigenvalue weighted by Crippen LogP contribution is -2.48. The molecule has 0 saturated carbocycles. The quantitative estimate of drug-likeness (QED) is 0.568. The first-order valence-electron chi connectivity index (χ1n) is 11.7. The zero-order chi connectivity index (χ0) is 24.9. The maximum atomic E-state index is 14.4. The largest absolute Gasteiger partial charge is 0.343 e. The molecule has 3 atom stereocenters. The molecule has 8 heteroatoms. The third kappa shape index (κ3) is 5.65. The van der Waals surface area contributed by atoms with Crippen LogP contribution in [0.3, 0.4) is 0 Å². The van der Waals surface area contributed by atoms with Crippen LogP contribution in [0.2, 0.25) is 0 Å². The van der Waals surface area contributed by atoms with Crippen molar-refractivity contribution in [2.75, 3.05) is 6.54 Å². The molecule has 4 rings (SSSR count). The van der Waals surface area contributed by atoms with Gasteiger partial charge in [0.15, 0.2) is 0 Å². The van der Waals surface area contributed by atoms with E-state index in [0.29, 0.717) is 5.92 Å². The first-order valence-corrected chi connectivity index (χ1v) is 11.7. The van der Waals surface area contributed by atoms with Crippen molar-refractivity contribution in [3.8, 4) is 0 Å². The van der Waals surface area contributed by atoms with E-state index in [1.807, 2.05) is 54.6 Å². The lowest BCUT2D eigenvalue weighted by atomic mass is 9.95. The van der Waals surface area contributed by atoms with Crippen molar-refractivity contribution in [1.82, 2.24) is 19.8 Å². The fourth-order valence-electron chi connectivity index (χ4n) is 4.37. The molecule has 0 bridgehead atoms. The van der Waals surface area contributed by atoms with Gasteiger partial charge in [0.1, 0.15) is 18.8 Å². The minimum Gasteiger partial charge on any atom is -0.343 e. The zero-order valence-corrected chi connectivity index (χ0v) is 19.8. The third-order valence-corrected chi connectivity index (χ3v) is 6.34. The van der Waals surface area contributed by atoms with Crippen LogP contribution in [0.15, 0.2) is 78.0 Å². The molecule has 2 amide bonds. The summed E-state index contributed by atoms with van der Waals surface area (Å²) in [7, 11) is 0. The molecular formula is C27H29FN4O3. The number of hydrogen-bond acceptors (Lipinski definition) is 4. The van der Waals surface area contributed by atoms with Gasteiger partial charge < -0.3 is 14.8 Å². The molecule has 0 unspecified atom stereocenters. The summed E-state index contributed by atoms with van der Waals surface area (Å²) in [4.78, 5) is 43.3. The second-order valence-corrected chi connectivity index (χ2v) is 9.11. The van der Waals surface area contributed by atoms with Crippen LogP contribution in [0.5, 0.6) is 0 Å². The van der Waals surface area contributed by atoms with Crippen LogP contribution < -0.4 is 10.9 Å². The predicted molar refractivity (Wildman–Crippen MR) is 130 cm³/mol. The van der Waals surface area contributed by atoms with E-state index < -0.39 is 35.6 Å². The summed E-state index contributed by atoms with van der Waals surface area (Å²) in [6.07, 6.45) is 2.50. The minimum atomic E-state index is -1.32. The van der Waals surface area contributed by atoms with Crippen molar-refractivity contribution < 1.29 is 14.0 Å². The summed E-state index contributed by atoms with van der Waals surface area (Å²) in [5, 5.41) is 3.04. The van der Waals surface area contributed by atoms with Crippen molar-refractivity contribution in [2.45, 2.75) is 51.0 Å². The Morgan fingerprint density at radius 1 is 1.06 bits per heavy atom. The molecule has 2 heterocycles. The van der Waals surface area contributed by atoms with Gasteiger partial charge in [-0.3, -0.25) is 19.4 Å². The number of rotatable bonds is 7. The highest BCUT2D eigenvalue weighted by molar-refractivity contribution is 5.89. The predicted octanol–water partition coefficient (Wildman–Crippen LogP) is 3.21. The van der Waals surface area contributed by atoms with Gasteiger partial charge in [0.05, 0.1) is 18.8 Å². The Bertz CT molecular complexity index is 1230. The molecule has 1 fully saturated rings. The van der Waals surface area contributed by atoms with Gasteiger partial charge in [-0.25, -0.2) is 4.39 Å². The van der Waals surface area contributed by atoms with Crippen LogP contribution in [0, 0.1) is 0 Å². The van der Waals surface area contributed by atoms with Crippen molar-refractivity contribution in [3.63, 3.8) is 0 Å². The number of carbonyl (C=O) groups excluding carboxylic acids is 2. The van der Waals surface area contributed by atoms with E-state index >= 15 is 0 Å². The Labute approximate surface area is 203 Å². The van der Waals surface area contributed by atoms with E-state index in [2.05, 4.69) is 24.1 Å². The van der Waals surface area contributed by atoms with Crippen LogP contribution in [0.25, 0.3) is 0 Å². The van der Waals surface area contributed by atoms with Gasteiger partial charge in [-0.1, -0.05) is 68.4 Å². The number of hydrogen-bond donors (Lipinski definition) is 1. The number of likely N-dealkylation sites (tertiary alicyclic amines) is 1. The molecule has 0 spiro atoms. The first-order chi connectivity index (χ1) is 16.8. The molecule has 1 saturated heterocycles. The van der Waals surface area contributed by atoms with E-state index in [9.17, 15) is 18.8 Å². The molecule has 2 aromatic carbocycles. The SMILES string of the molecule is CC(C)c1ccc([C@@H](NC(=O)[C@@H]2C[C@@H](F)CN2C(=O)Cn2ccncc2=O)c2ccccc2)cc1. The number of nitrogens with zero attached hydrogens (tertiary/aromatic N) is 3. The van der Waals surface area contributed by atoms with E-state index in [1.165, 1.54) is 27.4 Å². The fraction of sp³-hybridized carbons (Fsp3) is 0.333. The molecule has 0 radical (unpaired) electrons. The average molecular weight is 477 g/mol. The van der Waals surface area contributed by atoms with E-state index in [1.54, 1.807) is 0 Å². The Morgan fingerprint density at radius 2 is 1.71 bits per heavy atom. The Hall–Kier alpha value is -3.81. The third-order valence-electron chi connectivity index (χ3n) is 6.34. The second-order valence-electron chi connectivity index (χ2n) is 9.11. The molecule has 1 aliphatic rings. The summed E-state index contributed by atoms with van der Waals surface area (Å²) < 4.78 is 15.6. The summed E-state index contributed by atoms with van der Waals surface area (Å²) in [5.41, 5.74) is 2.53. The van der Waals surface area contributed by atoms with Gasteiger partial charge in [0.25, 0.3) is 5.56 Å². The molecule has 3 aromatic rings. The van der Waals surface area contributed by atoms with Crippen LogP contribution >= 0.6 is 0 Å². The monoisotopic (exact) mass is 476 g/mol. The number of nitrogens with one attached hydrogen (secondary N) is 1. The van der Waals surface area contributed by atoms with Gasteiger partial charge in [0.2, 0.25) is 11.8 Å². The number of aromatic nitrogens is 2. The molecule has 1 aliphatic heterocycles. The van der Waals surface area contributed by atoms with Gasteiger partial charge in [-0.2, -0.15) is 0 Å². The molecule has 1 N–H and O–H groups in total. The maximum absolute atomic E-state index is 14.4. The summed E-state index contributed by atoms with van der Waals surface area (Å²) in [6, 6.07) is 16.2. The van der Waals surface area contributed by atoms with Crippen LogP contribution in [-0.2, 0) is 16.1 Å². The van der Waals surface area contributed by atoms with Crippen molar-refractivity contribution in [1.29, 1.82) is 0 Å². The highest BCUT2D eigenvalue weighted by Gasteiger charge is 2.40. The van der Waals surface area contributed by atoms with Crippen LogP contribution in [0.1, 0.15) is 48.9 Å². The smallest absolute Gasteiger partial charge is 0.269 e. The Balaban J connectivity index is 1.56. The maximum Gasteiger partial charge on any atom is 0.269 e. The molecular weight excluding hydrogens is 447 g/mol.